The molecule has 0 spiro atoms. The second kappa shape index (κ2) is 8.41. The molecule has 1 aromatic carbocycles. The van der Waals surface area contributed by atoms with Gasteiger partial charge in [-0.3, -0.25) is 14.7 Å². The molecule has 2 aliphatic heterocycles. The molecule has 27 heavy (non-hydrogen) atoms. The van der Waals surface area contributed by atoms with Crippen molar-refractivity contribution in [2.45, 2.75) is 31.7 Å². The van der Waals surface area contributed by atoms with E-state index >= 15 is 0 Å². The number of aromatic nitrogens is 1. The third-order valence-electron chi connectivity index (χ3n) is 5.93. The Balaban J connectivity index is 1.26. The van der Waals surface area contributed by atoms with Crippen molar-refractivity contribution in [2.24, 2.45) is 5.92 Å². The summed E-state index contributed by atoms with van der Waals surface area (Å²) in [6, 6.07) is 12.5. The number of halogens is 1. The van der Waals surface area contributed by atoms with Gasteiger partial charge in [0.15, 0.2) is 0 Å². The van der Waals surface area contributed by atoms with E-state index in [9.17, 15) is 4.79 Å². The maximum absolute atomic E-state index is 12.6. The number of nitrogens with zero attached hydrogens (tertiary/aromatic N) is 3. The van der Waals surface area contributed by atoms with Gasteiger partial charge in [0.05, 0.1) is 5.56 Å². The second-order valence-electron chi connectivity index (χ2n) is 7.75. The van der Waals surface area contributed by atoms with Crippen molar-refractivity contribution in [3.05, 3.63) is 64.9 Å². The normalized spacial score (nSPS) is 21.5. The summed E-state index contributed by atoms with van der Waals surface area (Å²) in [4.78, 5) is 21.3. The van der Waals surface area contributed by atoms with Crippen LogP contribution in [-0.4, -0.2) is 52.9 Å². The van der Waals surface area contributed by atoms with Crippen LogP contribution in [0.25, 0.3) is 0 Å². The number of hydrogen-bond acceptors (Lipinski definition) is 3. The predicted octanol–water partition coefficient (Wildman–Crippen LogP) is 3.90. The van der Waals surface area contributed by atoms with Gasteiger partial charge in [0.1, 0.15) is 0 Å². The fourth-order valence-electron chi connectivity index (χ4n) is 4.42. The highest BCUT2D eigenvalue weighted by atomic mass is 35.5. The van der Waals surface area contributed by atoms with Crippen LogP contribution >= 0.6 is 11.6 Å². The van der Waals surface area contributed by atoms with E-state index in [1.807, 2.05) is 29.2 Å². The van der Waals surface area contributed by atoms with Gasteiger partial charge in [0.2, 0.25) is 0 Å². The van der Waals surface area contributed by atoms with Crippen molar-refractivity contribution >= 4 is 17.5 Å². The van der Waals surface area contributed by atoms with E-state index in [1.165, 1.54) is 25.1 Å². The maximum atomic E-state index is 12.6. The van der Waals surface area contributed by atoms with Crippen LogP contribution < -0.4 is 0 Å². The number of benzene rings is 1. The summed E-state index contributed by atoms with van der Waals surface area (Å²) in [6.07, 6.45) is 7.90. The van der Waals surface area contributed by atoms with Crippen LogP contribution in [0.2, 0.25) is 5.02 Å². The number of pyridine rings is 1. The smallest absolute Gasteiger partial charge is 0.255 e. The SMILES string of the molecule is O=C(c1cccnc1)N1CCC(N2CCC(Cc3ccc(Cl)cc3)C2)CC1. The Morgan fingerprint density at radius 1 is 1.07 bits per heavy atom. The Hall–Kier alpha value is -1.91. The number of likely N-dealkylation sites (tertiary alicyclic amines) is 2. The number of hydrogen-bond donors (Lipinski definition) is 0. The van der Waals surface area contributed by atoms with Crippen LogP contribution in [0.15, 0.2) is 48.8 Å². The molecule has 2 fully saturated rings. The fraction of sp³-hybridized carbons (Fsp3) is 0.455. The van der Waals surface area contributed by atoms with Gasteiger partial charge in [-0.1, -0.05) is 23.7 Å². The van der Waals surface area contributed by atoms with Gasteiger partial charge in [0, 0.05) is 43.1 Å². The molecule has 0 saturated carbocycles. The first-order chi connectivity index (χ1) is 13.2. The molecule has 2 aliphatic rings. The van der Waals surface area contributed by atoms with Crippen LogP contribution in [0.3, 0.4) is 0 Å². The first-order valence-electron chi connectivity index (χ1n) is 9.87. The maximum Gasteiger partial charge on any atom is 0.255 e. The van der Waals surface area contributed by atoms with E-state index in [4.69, 9.17) is 11.6 Å². The average Bonchev–Trinajstić information content (AvgIpc) is 3.18. The van der Waals surface area contributed by atoms with Gasteiger partial charge < -0.3 is 4.90 Å². The summed E-state index contributed by atoms with van der Waals surface area (Å²) < 4.78 is 0. The molecule has 2 saturated heterocycles. The minimum absolute atomic E-state index is 0.114. The summed E-state index contributed by atoms with van der Waals surface area (Å²) in [7, 11) is 0. The molecule has 5 heteroatoms. The standard InChI is InChI=1S/C22H26ClN3O/c23-20-5-3-17(4-6-20)14-18-7-11-26(16-18)21-8-12-25(13-9-21)22(27)19-2-1-10-24-15-19/h1-6,10,15,18,21H,7-9,11-14,16H2. The quantitative estimate of drug-likeness (QED) is 0.803. The summed E-state index contributed by atoms with van der Waals surface area (Å²) in [5, 5.41) is 0.805. The largest absolute Gasteiger partial charge is 0.338 e. The molecule has 4 rings (SSSR count). The minimum atomic E-state index is 0.114. The molecule has 0 bridgehead atoms. The lowest BCUT2D eigenvalue weighted by atomic mass is 9.98. The fourth-order valence-corrected chi connectivity index (χ4v) is 4.55. The minimum Gasteiger partial charge on any atom is -0.338 e. The zero-order valence-electron chi connectivity index (χ0n) is 15.6. The summed E-state index contributed by atoms with van der Waals surface area (Å²) in [5.74, 6) is 0.838. The molecule has 1 aromatic heterocycles. The summed E-state index contributed by atoms with van der Waals surface area (Å²) >= 11 is 5.99. The molecule has 0 aliphatic carbocycles. The van der Waals surface area contributed by atoms with Gasteiger partial charge in [-0.15, -0.1) is 0 Å². The van der Waals surface area contributed by atoms with Crippen LogP contribution in [-0.2, 0) is 6.42 Å². The molecule has 4 nitrogen and oxygen atoms in total. The van der Waals surface area contributed by atoms with E-state index in [1.54, 1.807) is 12.4 Å². The van der Waals surface area contributed by atoms with E-state index in [-0.39, 0.29) is 5.91 Å². The molecular formula is C22H26ClN3O. The van der Waals surface area contributed by atoms with Crippen molar-refractivity contribution in [1.82, 2.24) is 14.8 Å². The molecular weight excluding hydrogens is 358 g/mol. The Morgan fingerprint density at radius 3 is 2.56 bits per heavy atom. The van der Waals surface area contributed by atoms with E-state index in [0.717, 1.165) is 43.3 Å². The molecule has 2 aromatic rings. The summed E-state index contributed by atoms with van der Waals surface area (Å²) in [5.41, 5.74) is 2.07. The van der Waals surface area contributed by atoms with Crippen molar-refractivity contribution in [3.8, 4) is 0 Å². The lowest BCUT2D eigenvalue weighted by Gasteiger charge is -2.36. The first kappa shape index (κ1) is 18.5. The number of carbonyl (C=O) groups excluding carboxylic acids is 1. The van der Waals surface area contributed by atoms with Crippen LogP contribution in [0.5, 0.6) is 0 Å². The molecule has 0 radical (unpaired) electrons. The molecule has 1 unspecified atom stereocenters. The number of piperidine rings is 1. The van der Waals surface area contributed by atoms with E-state index < -0.39 is 0 Å². The molecule has 0 N–H and O–H groups in total. The molecule has 3 heterocycles. The van der Waals surface area contributed by atoms with Crippen molar-refractivity contribution in [3.63, 3.8) is 0 Å². The van der Waals surface area contributed by atoms with Gasteiger partial charge in [-0.2, -0.15) is 0 Å². The van der Waals surface area contributed by atoms with Gasteiger partial charge in [0.25, 0.3) is 5.91 Å². The average molecular weight is 384 g/mol. The summed E-state index contributed by atoms with van der Waals surface area (Å²) in [6.45, 7) is 4.04. The third-order valence-corrected chi connectivity index (χ3v) is 6.18. The molecule has 1 atom stereocenters. The number of rotatable bonds is 4. The van der Waals surface area contributed by atoms with Gasteiger partial charge in [-0.05, 0) is 68.0 Å². The Kier molecular flexibility index (Phi) is 5.74. The zero-order chi connectivity index (χ0) is 18.6. The Labute approximate surface area is 166 Å². The second-order valence-corrected chi connectivity index (χ2v) is 8.18. The van der Waals surface area contributed by atoms with E-state index in [2.05, 4.69) is 22.0 Å². The predicted molar refractivity (Wildman–Crippen MR) is 108 cm³/mol. The van der Waals surface area contributed by atoms with Crippen LogP contribution in [0.4, 0.5) is 0 Å². The van der Waals surface area contributed by atoms with Gasteiger partial charge in [-0.25, -0.2) is 0 Å². The highest BCUT2D eigenvalue weighted by Crippen LogP contribution is 2.27. The first-order valence-corrected chi connectivity index (χ1v) is 10.2. The third kappa shape index (κ3) is 4.50. The van der Waals surface area contributed by atoms with Crippen molar-refractivity contribution in [1.29, 1.82) is 0 Å². The number of amides is 1. The van der Waals surface area contributed by atoms with E-state index in [0.29, 0.717) is 11.6 Å². The van der Waals surface area contributed by atoms with Crippen molar-refractivity contribution < 1.29 is 4.79 Å². The van der Waals surface area contributed by atoms with Crippen LogP contribution in [0, 0.1) is 5.92 Å². The number of carbonyl (C=O) groups is 1. The monoisotopic (exact) mass is 383 g/mol. The highest BCUT2D eigenvalue weighted by Gasteiger charge is 2.32. The molecule has 1 amide bonds. The van der Waals surface area contributed by atoms with Crippen LogP contribution in [0.1, 0.15) is 35.2 Å². The topological polar surface area (TPSA) is 36.4 Å². The van der Waals surface area contributed by atoms with Gasteiger partial charge >= 0.3 is 0 Å². The lowest BCUT2D eigenvalue weighted by molar-refractivity contribution is 0.0640. The van der Waals surface area contributed by atoms with Crippen molar-refractivity contribution in [2.75, 3.05) is 26.2 Å². The lowest BCUT2D eigenvalue weighted by Crippen LogP contribution is -2.46. The molecule has 142 valence electrons. The zero-order valence-corrected chi connectivity index (χ0v) is 16.3. The highest BCUT2D eigenvalue weighted by molar-refractivity contribution is 6.30. The Bertz CT molecular complexity index is 757. The Morgan fingerprint density at radius 2 is 1.85 bits per heavy atom.